The standard InChI is InChI=1S/C11H17N3O4/c1-12-10(15)7-2-4-13(5-3-7)11(16)8-6-9(8)14(17)18/h7-9H,2-6H2,1H3,(H,12,15)/t8-,9-/m1/s1. The highest BCUT2D eigenvalue weighted by Gasteiger charge is 2.54. The summed E-state index contributed by atoms with van der Waals surface area (Å²) in [6.45, 7) is 1.05. The monoisotopic (exact) mass is 255 g/mol. The van der Waals surface area contributed by atoms with E-state index in [1.54, 1.807) is 11.9 Å². The van der Waals surface area contributed by atoms with Crippen LogP contribution in [0.1, 0.15) is 19.3 Å². The van der Waals surface area contributed by atoms with Crippen molar-refractivity contribution in [2.45, 2.75) is 25.3 Å². The number of carbonyl (C=O) groups excluding carboxylic acids is 2. The van der Waals surface area contributed by atoms with E-state index in [-0.39, 0.29) is 22.7 Å². The summed E-state index contributed by atoms with van der Waals surface area (Å²) in [5.74, 6) is -0.579. The van der Waals surface area contributed by atoms with Gasteiger partial charge in [0.05, 0.1) is 0 Å². The molecule has 1 N–H and O–H groups in total. The van der Waals surface area contributed by atoms with Crippen molar-refractivity contribution in [3.8, 4) is 0 Å². The lowest BCUT2D eigenvalue weighted by Crippen LogP contribution is -2.43. The molecule has 18 heavy (non-hydrogen) atoms. The molecule has 1 aliphatic heterocycles. The summed E-state index contributed by atoms with van der Waals surface area (Å²) >= 11 is 0. The molecule has 0 radical (unpaired) electrons. The molecule has 2 amide bonds. The molecular formula is C11H17N3O4. The van der Waals surface area contributed by atoms with Crippen LogP contribution in [0.15, 0.2) is 0 Å². The predicted molar refractivity (Wildman–Crippen MR) is 62.3 cm³/mol. The molecule has 2 rings (SSSR count). The van der Waals surface area contributed by atoms with Gasteiger partial charge in [0.25, 0.3) is 0 Å². The van der Waals surface area contributed by atoms with Crippen LogP contribution in [0.2, 0.25) is 0 Å². The van der Waals surface area contributed by atoms with Gasteiger partial charge < -0.3 is 10.2 Å². The van der Waals surface area contributed by atoms with Gasteiger partial charge in [-0.25, -0.2) is 0 Å². The normalized spacial score (nSPS) is 27.7. The Morgan fingerprint density at radius 2 is 1.94 bits per heavy atom. The zero-order valence-corrected chi connectivity index (χ0v) is 10.3. The molecule has 0 aromatic rings. The van der Waals surface area contributed by atoms with Gasteiger partial charge in [0.2, 0.25) is 17.9 Å². The molecule has 0 bridgehead atoms. The van der Waals surface area contributed by atoms with Crippen molar-refractivity contribution < 1.29 is 14.5 Å². The smallest absolute Gasteiger partial charge is 0.232 e. The largest absolute Gasteiger partial charge is 0.359 e. The predicted octanol–water partition coefficient (Wildman–Crippen LogP) is -0.364. The first kappa shape index (κ1) is 12.8. The van der Waals surface area contributed by atoms with Crippen LogP contribution in [-0.2, 0) is 9.59 Å². The summed E-state index contributed by atoms with van der Waals surface area (Å²) < 4.78 is 0. The number of amides is 2. The van der Waals surface area contributed by atoms with Crippen LogP contribution in [0.25, 0.3) is 0 Å². The van der Waals surface area contributed by atoms with E-state index in [1.165, 1.54) is 0 Å². The number of rotatable bonds is 3. The molecule has 7 nitrogen and oxygen atoms in total. The van der Waals surface area contributed by atoms with Crippen LogP contribution >= 0.6 is 0 Å². The Kier molecular flexibility index (Phi) is 3.49. The van der Waals surface area contributed by atoms with Gasteiger partial charge in [-0.05, 0) is 12.8 Å². The van der Waals surface area contributed by atoms with Gasteiger partial charge in [-0.15, -0.1) is 0 Å². The van der Waals surface area contributed by atoms with Crippen molar-refractivity contribution in [1.82, 2.24) is 10.2 Å². The van der Waals surface area contributed by atoms with Crippen LogP contribution in [0, 0.1) is 22.0 Å². The van der Waals surface area contributed by atoms with Crippen molar-refractivity contribution in [2.75, 3.05) is 20.1 Å². The zero-order chi connectivity index (χ0) is 13.3. The summed E-state index contributed by atoms with van der Waals surface area (Å²) in [6, 6.07) is -0.686. The first-order valence-electron chi connectivity index (χ1n) is 6.18. The molecule has 0 unspecified atom stereocenters. The molecule has 2 aliphatic rings. The van der Waals surface area contributed by atoms with Crippen molar-refractivity contribution >= 4 is 11.8 Å². The van der Waals surface area contributed by atoms with E-state index in [4.69, 9.17) is 0 Å². The number of nitro groups is 1. The van der Waals surface area contributed by atoms with Crippen LogP contribution in [-0.4, -0.2) is 47.8 Å². The molecule has 1 saturated heterocycles. The first-order valence-corrected chi connectivity index (χ1v) is 6.18. The van der Waals surface area contributed by atoms with E-state index in [1.807, 2.05) is 0 Å². The topological polar surface area (TPSA) is 92.6 Å². The van der Waals surface area contributed by atoms with Crippen molar-refractivity contribution in [3.63, 3.8) is 0 Å². The van der Waals surface area contributed by atoms with E-state index in [0.29, 0.717) is 32.4 Å². The molecule has 100 valence electrons. The van der Waals surface area contributed by atoms with Gasteiger partial charge in [0.15, 0.2) is 0 Å². The fourth-order valence-corrected chi connectivity index (χ4v) is 2.48. The quantitative estimate of drug-likeness (QED) is 0.550. The Bertz CT molecular complexity index is 376. The molecule has 7 heteroatoms. The average molecular weight is 255 g/mol. The van der Waals surface area contributed by atoms with Gasteiger partial charge in [-0.3, -0.25) is 19.7 Å². The van der Waals surface area contributed by atoms with Crippen LogP contribution in [0.5, 0.6) is 0 Å². The first-order chi connectivity index (χ1) is 8.54. The number of hydrogen-bond acceptors (Lipinski definition) is 4. The molecule has 1 heterocycles. The van der Waals surface area contributed by atoms with Gasteiger partial charge in [0.1, 0.15) is 5.92 Å². The second-order valence-corrected chi connectivity index (χ2v) is 4.91. The lowest BCUT2D eigenvalue weighted by Gasteiger charge is -2.31. The lowest BCUT2D eigenvalue weighted by atomic mass is 9.96. The molecular weight excluding hydrogens is 238 g/mol. The molecule has 0 spiro atoms. The highest BCUT2D eigenvalue weighted by atomic mass is 16.6. The summed E-state index contributed by atoms with van der Waals surface area (Å²) in [5, 5.41) is 13.1. The van der Waals surface area contributed by atoms with Crippen LogP contribution < -0.4 is 5.32 Å². The second-order valence-electron chi connectivity index (χ2n) is 4.91. The molecule has 2 atom stereocenters. The van der Waals surface area contributed by atoms with E-state index in [2.05, 4.69) is 5.32 Å². The Balaban J connectivity index is 1.82. The van der Waals surface area contributed by atoms with Gasteiger partial charge in [0, 0.05) is 37.4 Å². The number of nitrogens with one attached hydrogen (secondary N) is 1. The minimum absolute atomic E-state index is 0.0108. The number of likely N-dealkylation sites (tertiary alicyclic amines) is 1. The third-order valence-electron chi connectivity index (χ3n) is 3.77. The molecule has 2 fully saturated rings. The lowest BCUT2D eigenvalue weighted by molar-refractivity contribution is -0.497. The number of carbonyl (C=O) groups is 2. The molecule has 1 saturated carbocycles. The molecule has 1 aliphatic carbocycles. The molecule has 0 aromatic heterocycles. The van der Waals surface area contributed by atoms with E-state index in [9.17, 15) is 19.7 Å². The zero-order valence-electron chi connectivity index (χ0n) is 10.3. The summed E-state index contributed by atoms with van der Waals surface area (Å²) in [6.07, 6.45) is 1.64. The fraction of sp³-hybridized carbons (Fsp3) is 0.818. The Labute approximate surface area is 105 Å². The highest BCUT2D eigenvalue weighted by Crippen LogP contribution is 2.35. The van der Waals surface area contributed by atoms with E-state index < -0.39 is 12.0 Å². The van der Waals surface area contributed by atoms with Crippen LogP contribution in [0.4, 0.5) is 0 Å². The van der Waals surface area contributed by atoms with Gasteiger partial charge >= 0.3 is 0 Å². The number of hydrogen-bond donors (Lipinski definition) is 1. The third kappa shape index (κ3) is 2.44. The van der Waals surface area contributed by atoms with Crippen LogP contribution in [0.3, 0.4) is 0 Å². The molecule has 0 aromatic carbocycles. The minimum Gasteiger partial charge on any atom is -0.359 e. The van der Waals surface area contributed by atoms with Gasteiger partial charge in [-0.2, -0.15) is 0 Å². The maximum Gasteiger partial charge on any atom is 0.232 e. The third-order valence-corrected chi connectivity index (χ3v) is 3.77. The number of nitrogens with zero attached hydrogens (tertiary/aromatic N) is 2. The van der Waals surface area contributed by atoms with Crippen molar-refractivity contribution in [1.29, 1.82) is 0 Å². The van der Waals surface area contributed by atoms with Gasteiger partial charge in [-0.1, -0.05) is 0 Å². The summed E-state index contributed by atoms with van der Waals surface area (Å²) in [7, 11) is 1.60. The van der Waals surface area contributed by atoms with E-state index >= 15 is 0 Å². The maximum absolute atomic E-state index is 11.9. The minimum atomic E-state index is -0.686. The van der Waals surface area contributed by atoms with E-state index in [0.717, 1.165) is 0 Å². The van der Waals surface area contributed by atoms with Crippen molar-refractivity contribution in [3.05, 3.63) is 10.1 Å². The Hall–Kier alpha value is -1.66. The highest BCUT2D eigenvalue weighted by molar-refractivity contribution is 5.83. The average Bonchev–Trinajstić information content (AvgIpc) is 3.17. The summed E-state index contributed by atoms with van der Waals surface area (Å²) in [4.78, 5) is 35.2. The fourth-order valence-electron chi connectivity index (χ4n) is 2.48. The summed E-state index contributed by atoms with van der Waals surface area (Å²) in [5.41, 5.74) is 0. The second kappa shape index (κ2) is 4.91. The number of piperidine rings is 1. The van der Waals surface area contributed by atoms with Crippen molar-refractivity contribution in [2.24, 2.45) is 11.8 Å². The Morgan fingerprint density at radius 1 is 1.33 bits per heavy atom. The Morgan fingerprint density at radius 3 is 2.39 bits per heavy atom. The SMILES string of the molecule is CNC(=O)C1CCN(C(=O)[C@@H]2C[C@H]2[N+](=O)[O-])CC1. The maximum atomic E-state index is 11.9.